The van der Waals surface area contributed by atoms with E-state index in [1.54, 1.807) is 26.0 Å². The standard InChI is InChI=1S/C22H21F3N4O3S2/c1-12-4-14(6-15(5-12)28-34(3,31)32)27-21(30)19-8-17(13(2)33-19)20-18(23)7-16(9-26-20)29-10-22(24,25)11-29/h4-9,28H,10-11H2,1-3H3,(H,27,30). The molecule has 1 aliphatic heterocycles. The smallest absolute Gasteiger partial charge is 0.282 e. The molecular formula is C22H21F3N4O3S2. The Hall–Kier alpha value is -3.12. The summed E-state index contributed by atoms with van der Waals surface area (Å²) in [6.07, 6.45) is 2.37. The molecule has 1 aliphatic rings. The summed E-state index contributed by atoms with van der Waals surface area (Å²) in [5, 5.41) is 2.72. The molecule has 0 saturated carbocycles. The number of halogens is 3. The zero-order chi connectivity index (χ0) is 24.8. The number of nitrogens with one attached hydrogen (secondary N) is 2. The van der Waals surface area contributed by atoms with Crippen molar-refractivity contribution in [3.63, 3.8) is 0 Å². The molecular weight excluding hydrogens is 489 g/mol. The van der Waals surface area contributed by atoms with Crippen LogP contribution in [-0.4, -0.2) is 44.6 Å². The molecule has 34 heavy (non-hydrogen) atoms. The van der Waals surface area contributed by atoms with Crippen LogP contribution < -0.4 is 14.9 Å². The van der Waals surface area contributed by atoms with E-state index in [0.717, 1.165) is 29.2 Å². The van der Waals surface area contributed by atoms with Gasteiger partial charge in [0.2, 0.25) is 10.0 Å². The molecule has 4 rings (SSSR count). The van der Waals surface area contributed by atoms with Gasteiger partial charge in [0.15, 0.2) is 5.82 Å². The van der Waals surface area contributed by atoms with E-state index in [1.807, 2.05) is 0 Å². The molecule has 180 valence electrons. The fourth-order valence-electron chi connectivity index (χ4n) is 3.64. The Labute approximate surface area is 198 Å². The molecule has 12 heteroatoms. The Bertz CT molecular complexity index is 1380. The maximum absolute atomic E-state index is 14.8. The molecule has 0 atom stereocenters. The third-order valence-electron chi connectivity index (χ3n) is 5.07. The van der Waals surface area contributed by atoms with Gasteiger partial charge in [-0.15, -0.1) is 11.3 Å². The van der Waals surface area contributed by atoms with Crippen LogP contribution in [0.1, 0.15) is 20.1 Å². The van der Waals surface area contributed by atoms with Crippen LogP contribution in [0.15, 0.2) is 36.5 Å². The van der Waals surface area contributed by atoms with Crippen LogP contribution in [0.3, 0.4) is 0 Å². The first-order valence-corrected chi connectivity index (χ1v) is 12.8. The normalized spacial score (nSPS) is 15.1. The fourth-order valence-corrected chi connectivity index (χ4v) is 5.11. The van der Waals surface area contributed by atoms with Crippen LogP contribution in [0, 0.1) is 19.7 Å². The Balaban J connectivity index is 1.54. The van der Waals surface area contributed by atoms with Crippen LogP contribution in [0.4, 0.5) is 30.2 Å². The zero-order valence-electron chi connectivity index (χ0n) is 18.4. The molecule has 1 amide bonds. The Morgan fingerprint density at radius 1 is 1.12 bits per heavy atom. The molecule has 0 radical (unpaired) electrons. The maximum Gasteiger partial charge on any atom is 0.282 e. The highest BCUT2D eigenvalue weighted by Crippen LogP contribution is 2.36. The van der Waals surface area contributed by atoms with E-state index < -0.39 is 40.8 Å². The lowest BCUT2D eigenvalue weighted by Gasteiger charge is -2.40. The van der Waals surface area contributed by atoms with Gasteiger partial charge in [0.25, 0.3) is 11.8 Å². The van der Waals surface area contributed by atoms with Gasteiger partial charge in [0.05, 0.1) is 41.8 Å². The minimum atomic E-state index is -3.48. The van der Waals surface area contributed by atoms with Crippen molar-refractivity contribution in [3.8, 4) is 11.3 Å². The summed E-state index contributed by atoms with van der Waals surface area (Å²) in [6.45, 7) is 2.53. The number of hydrogen-bond acceptors (Lipinski definition) is 6. The topological polar surface area (TPSA) is 91.4 Å². The van der Waals surface area contributed by atoms with Crippen LogP contribution in [-0.2, 0) is 10.0 Å². The van der Waals surface area contributed by atoms with Crippen molar-refractivity contribution in [2.45, 2.75) is 19.8 Å². The lowest BCUT2D eigenvalue weighted by molar-refractivity contribution is -0.0263. The number of hydrogen-bond donors (Lipinski definition) is 2. The van der Waals surface area contributed by atoms with Gasteiger partial charge < -0.3 is 10.2 Å². The predicted octanol–water partition coefficient (Wildman–Crippen LogP) is 4.65. The average molecular weight is 511 g/mol. The van der Waals surface area contributed by atoms with E-state index in [4.69, 9.17) is 0 Å². The van der Waals surface area contributed by atoms with Crippen molar-refractivity contribution >= 4 is 44.3 Å². The summed E-state index contributed by atoms with van der Waals surface area (Å²) >= 11 is 1.15. The van der Waals surface area contributed by atoms with Gasteiger partial charge in [-0.1, -0.05) is 0 Å². The third kappa shape index (κ3) is 5.33. The van der Waals surface area contributed by atoms with Crippen LogP contribution in [0.25, 0.3) is 11.3 Å². The summed E-state index contributed by atoms with van der Waals surface area (Å²) in [7, 11) is -3.48. The number of sulfonamides is 1. The summed E-state index contributed by atoms with van der Waals surface area (Å²) in [5.41, 5.74) is 2.17. The molecule has 1 aromatic carbocycles. The summed E-state index contributed by atoms with van der Waals surface area (Å²) in [6, 6.07) is 7.49. The van der Waals surface area contributed by atoms with Gasteiger partial charge in [-0.25, -0.2) is 21.6 Å². The number of benzene rings is 1. The van der Waals surface area contributed by atoms with Crippen molar-refractivity contribution in [1.82, 2.24) is 4.98 Å². The number of rotatable bonds is 6. The second kappa shape index (κ2) is 8.58. The second-order valence-corrected chi connectivity index (χ2v) is 11.2. The summed E-state index contributed by atoms with van der Waals surface area (Å²) < 4.78 is 66.4. The molecule has 7 nitrogen and oxygen atoms in total. The molecule has 2 aromatic heterocycles. The van der Waals surface area contributed by atoms with Gasteiger partial charge in [-0.2, -0.15) is 0 Å². The average Bonchev–Trinajstić information content (AvgIpc) is 3.05. The largest absolute Gasteiger partial charge is 0.358 e. The van der Waals surface area contributed by atoms with E-state index in [9.17, 15) is 26.4 Å². The number of aryl methyl sites for hydroxylation is 2. The fraction of sp³-hybridized carbons (Fsp3) is 0.273. The Kier molecular flexibility index (Phi) is 6.06. The number of aromatic nitrogens is 1. The summed E-state index contributed by atoms with van der Waals surface area (Å²) in [5.74, 6) is -3.90. The lowest BCUT2D eigenvalue weighted by atomic mass is 10.1. The molecule has 2 N–H and O–H groups in total. The molecule has 1 fully saturated rings. The summed E-state index contributed by atoms with van der Waals surface area (Å²) in [4.78, 5) is 19.2. The lowest BCUT2D eigenvalue weighted by Crippen LogP contribution is -2.56. The number of anilines is 3. The minimum absolute atomic E-state index is 0.0269. The van der Waals surface area contributed by atoms with Gasteiger partial charge in [-0.3, -0.25) is 14.5 Å². The van der Waals surface area contributed by atoms with E-state index in [2.05, 4.69) is 15.0 Å². The molecule has 0 bridgehead atoms. The highest BCUT2D eigenvalue weighted by atomic mass is 32.2. The van der Waals surface area contributed by atoms with Crippen molar-refractivity contribution in [3.05, 3.63) is 57.7 Å². The molecule has 1 saturated heterocycles. The number of carbonyl (C=O) groups excluding carboxylic acids is 1. The van der Waals surface area contributed by atoms with E-state index in [1.165, 1.54) is 23.2 Å². The van der Waals surface area contributed by atoms with E-state index in [0.29, 0.717) is 26.7 Å². The highest BCUT2D eigenvalue weighted by Gasteiger charge is 2.44. The quantitative estimate of drug-likeness (QED) is 0.504. The number of thiophene rings is 1. The third-order valence-corrected chi connectivity index (χ3v) is 6.73. The van der Waals surface area contributed by atoms with Crippen LogP contribution in [0.5, 0.6) is 0 Å². The molecule has 0 spiro atoms. The number of carbonyl (C=O) groups is 1. The first kappa shape index (κ1) is 24.0. The minimum Gasteiger partial charge on any atom is -0.358 e. The second-order valence-electron chi connectivity index (χ2n) is 8.23. The number of nitrogens with zero attached hydrogens (tertiary/aromatic N) is 2. The number of alkyl halides is 2. The van der Waals surface area contributed by atoms with Gasteiger partial charge in [0.1, 0.15) is 5.69 Å². The Morgan fingerprint density at radius 3 is 2.41 bits per heavy atom. The van der Waals surface area contributed by atoms with Gasteiger partial charge >= 0.3 is 0 Å². The highest BCUT2D eigenvalue weighted by molar-refractivity contribution is 7.92. The van der Waals surface area contributed by atoms with Crippen molar-refractivity contribution in [2.24, 2.45) is 0 Å². The van der Waals surface area contributed by atoms with Gasteiger partial charge in [0, 0.05) is 22.2 Å². The molecule has 0 unspecified atom stereocenters. The number of pyridine rings is 1. The SMILES string of the molecule is Cc1cc(NC(=O)c2cc(-c3ncc(N4CC(F)(F)C4)cc3F)c(C)s2)cc(NS(C)(=O)=O)c1. The molecule has 0 aliphatic carbocycles. The Morgan fingerprint density at radius 2 is 1.79 bits per heavy atom. The first-order chi connectivity index (χ1) is 15.8. The molecule has 3 heterocycles. The maximum atomic E-state index is 14.8. The van der Waals surface area contributed by atoms with E-state index in [-0.39, 0.29) is 11.4 Å². The molecule has 3 aromatic rings. The van der Waals surface area contributed by atoms with Crippen molar-refractivity contribution in [2.75, 3.05) is 34.3 Å². The van der Waals surface area contributed by atoms with Crippen LogP contribution >= 0.6 is 11.3 Å². The number of amides is 1. The van der Waals surface area contributed by atoms with Crippen molar-refractivity contribution in [1.29, 1.82) is 0 Å². The van der Waals surface area contributed by atoms with E-state index >= 15 is 0 Å². The first-order valence-electron chi connectivity index (χ1n) is 10.1. The van der Waals surface area contributed by atoms with Crippen LogP contribution in [0.2, 0.25) is 0 Å². The zero-order valence-corrected chi connectivity index (χ0v) is 20.1. The van der Waals surface area contributed by atoms with Gasteiger partial charge in [-0.05, 0) is 43.7 Å². The monoisotopic (exact) mass is 510 g/mol. The predicted molar refractivity (Wildman–Crippen MR) is 127 cm³/mol. The van der Waals surface area contributed by atoms with Crippen molar-refractivity contribution < 1.29 is 26.4 Å².